The van der Waals surface area contributed by atoms with E-state index in [1.54, 1.807) is 48.5 Å². The molecule has 0 bridgehead atoms. The van der Waals surface area contributed by atoms with E-state index in [1.807, 2.05) is 0 Å². The van der Waals surface area contributed by atoms with Crippen LogP contribution in [-0.4, -0.2) is 37.4 Å². The summed E-state index contributed by atoms with van der Waals surface area (Å²) in [5.41, 5.74) is 0.0521. The molecule has 0 aliphatic heterocycles. The first-order valence-electron chi connectivity index (χ1n) is 10.3. The number of nitrogens with zero attached hydrogens (tertiary/aromatic N) is 4. The third-order valence-electron chi connectivity index (χ3n) is 5.14. The van der Waals surface area contributed by atoms with Crippen molar-refractivity contribution in [2.24, 2.45) is 20.5 Å². The Hall–Kier alpha value is -3.55. The number of rotatable bonds is 7. The minimum Gasteiger partial charge on any atom is -0.744 e. The van der Waals surface area contributed by atoms with Crippen LogP contribution < -0.4 is 39.0 Å². The Morgan fingerprint density at radius 1 is 0.703 bits per heavy atom. The maximum absolute atomic E-state index is 12.0. The summed E-state index contributed by atoms with van der Waals surface area (Å²) in [6.07, 6.45) is 0. The van der Waals surface area contributed by atoms with Crippen molar-refractivity contribution in [1.29, 1.82) is 0 Å². The molecule has 0 radical (unpaired) electrons. The summed E-state index contributed by atoms with van der Waals surface area (Å²) >= 11 is 0. The van der Waals surface area contributed by atoms with Crippen molar-refractivity contribution >= 4 is 43.6 Å². The van der Waals surface area contributed by atoms with Gasteiger partial charge in [0.15, 0.2) is 11.5 Å². The minimum atomic E-state index is -5.01. The molecule has 0 saturated heterocycles. The van der Waals surface area contributed by atoms with Crippen LogP contribution in [0.25, 0.3) is 10.8 Å². The zero-order chi connectivity index (χ0) is 25.9. The van der Waals surface area contributed by atoms with Gasteiger partial charge in [-0.15, -0.1) is 10.2 Å². The first-order chi connectivity index (χ1) is 17.2. The van der Waals surface area contributed by atoms with Crippen molar-refractivity contribution < 1.29 is 62.2 Å². The molecule has 0 amide bonds. The topological polar surface area (TPSA) is 166 Å². The van der Waals surface area contributed by atoms with E-state index >= 15 is 0 Å². The average molecular weight is 530 g/mol. The summed E-state index contributed by atoms with van der Waals surface area (Å²) in [5.74, 6) is -0.369. The van der Waals surface area contributed by atoms with Gasteiger partial charge >= 0.3 is 29.6 Å². The molecule has 0 atom stereocenters. The standard InChI is InChI=1S/C24H20N4O7S.Na/c1-34-16-10-6-14(7-11-16)25-27-21-18-4-3-5-19(36(31,32)33)20(18)22(24(30)23(21)29)28-26-15-8-12-17(35-2)13-9-15;/h3-13,29-30H,1-2H3,(H,31,32,33);/q;+1/p-1. The Labute approximate surface area is 234 Å². The van der Waals surface area contributed by atoms with Gasteiger partial charge in [0, 0.05) is 10.8 Å². The fourth-order valence-electron chi connectivity index (χ4n) is 3.36. The van der Waals surface area contributed by atoms with Crippen LogP contribution in [0.15, 0.2) is 92.1 Å². The molecule has 37 heavy (non-hydrogen) atoms. The molecule has 0 spiro atoms. The summed E-state index contributed by atoms with van der Waals surface area (Å²) in [4.78, 5) is -0.667. The zero-order valence-electron chi connectivity index (χ0n) is 20.0. The molecule has 0 fully saturated rings. The Morgan fingerprint density at radius 2 is 1.16 bits per heavy atom. The van der Waals surface area contributed by atoms with E-state index in [1.165, 1.54) is 26.4 Å². The Kier molecular flexibility index (Phi) is 8.84. The van der Waals surface area contributed by atoms with E-state index in [0.717, 1.165) is 6.07 Å². The van der Waals surface area contributed by atoms with Gasteiger partial charge in [0.05, 0.1) is 30.5 Å². The molecule has 2 N–H and O–H groups in total. The molecule has 0 aliphatic rings. The van der Waals surface area contributed by atoms with Gasteiger partial charge < -0.3 is 24.2 Å². The predicted octanol–water partition coefficient (Wildman–Crippen LogP) is 3.01. The molecular weight excluding hydrogens is 511 g/mol. The molecule has 0 saturated carbocycles. The molecule has 184 valence electrons. The second kappa shape index (κ2) is 11.7. The SMILES string of the molecule is COc1ccc(N=Nc2c(O)c(O)c(N=Nc3ccc(OC)cc3)c3c(S(=O)(=O)[O-])cccc23)cc1.[Na+]. The summed E-state index contributed by atoms with van der Waals surface area (Å²) in [7, 11) is -2.00. The van der Waals surface area contributed by atoms with Crippen molar-refractivity contribution in [1.82, 2.24) is 0 Å². The van der Waals surface area contributed by atoms with E-state index in [0.29, 0.717) is 22.9 Å². The van der Waals surface area contributed by atoms with Gasteiger partial charge in [-0.2, -0.15) is 10.2 Å². The van der Waals surface area contributed by atoms with Gasteiger partial charge in [-0.3, -0.25) is 0 Å². The number of azo groups is 2. The van der Waals surface area contributed by atoms with Crippen LogP contribution in [0.1, 0.15) is 0 Å². The number of aromatic hydroxyl groups is 2. The monoisotopic (exact) mass is 530 g/mol. The molecule has 4 rings (SSSR count). The smallest absolute Gasteiger partial charge is 0.744 e. The third-order valence-corrected chi connectivity index (χ3v) is 6.02. The van der Waals surface area contributed by atoms with E-state index in [9.17, 15) is 23.2 Å². The van der Waals surface area contributed by atoms with Crippen LogP contribution in [0.4, 0.5) is 22.7 Å². The number of hydrogen-bond acceptors (Lipinski definition) is 11. The van der Waals surface area contributed by atoms with E-state index in [2.05, 4.69) is 20.5 Å². The fraction of sp³-hybridized carbons (Fsp3) is 0.0833. The predicted molar refractivity (Wildman–Crippen MR) is 130 cm³/mol. The van der Waals surface area contributed by atoms with Crippen LogP contribution in [0.5, 0.6) is 23.0 Å². The first kappa shape index (κ1) is 28.0. The number of ether oxygens (including phenoxy) is 2. The normalized spacial score (nSPS) is 11.6. The van der Waals surface area contributed by atoms with E-state index < -0.39 is 32.2 Å². The van der Waals surface area contributed by atoms with Crippen molar-refractivity contribution in [2.45, 2.75) is 4.90 Å². The van der Waals surface area contributed by atoms with Crippen LogP contribution in [0.2, 0.25) is 0 Å². The number of hydrogen-bond donors (Lipinski definition) is 2. The van der Waals surface area contributed by atoms with Crippen molar-refractivity contribution in [3.63, 3.8) is 0 Å². The first-order valence-corrected chi connectivity index (χ1v) is 11.7. The molecule has 4 aromatic rings. The summed E-state index contributed by atoms with van der Waals surface area (Å²) in [6.45, 7) is 0. The molecule has 4 aromatic carbocycles. The van der Waals surface area contributed by atoms with Crippen molar-refractivity contribution in [2.75, 3.05) is 14.2 Å². The number of methoxy groups -OCH3 is 2. The second-order valence-corrected chi connectivity index (χ2v) is 8.67. The fourth-order valence-corrected chi connectivity index (χ4v) is 4.07. The van der Waals surface area contributed by atoms with Gasteiger partial charge in [0.25, 0.3) is 0 Å². The van der Waals surface area contributed by atoms with E-state index in [-0.39, 0.29) is 46.0 Å². The van der Waals surface area contributed by atoms with E-state index in [4.69, 9.17) is 9.47 Å². The van der Waals surface area contributed by atoms with Crippen LogP contribution in [0, 0.1) is 0 Å². The molecule has 11 nitrogen and oxygen atoms in total. The number of benzene rings is 4. The zero-order valence-corrected chi connectivity index (χ0v) is 22.8. The molecule has 0 unspecified atom stereocenters. The van der Waals surface area contributed by atoms with Crippen LogP contribution in [-0.2, 0) is 10.1 Å². The average Bonchev–Trinajstić information content (AvgIpc) is 2.88. The number of phenols is 2. The molecule has 13 heteroatoms. The molecular formula is C24H19N4NaO7S. The Balaban J connectivity index is 0.00000380. The van der Waals surface area contributed by atoms with Gasteiger partial charge in [-0.25, -0.2) is 8.42 Å². The maximum atomic E-state index is 12.0. The summed E-state index contributed by atoms with van der Waals surface area (Å²) < 4.78 is 46.3. The Morgan fingerprint density at radius 3 is 1.62 bits per heavy atom. The van der Waals surface area contributed by atoms with Gasteiger partial charge in [0.1, 0.15) is 33.0 Å². The van der Waals surface area contributed by atoms with Gasteiger partial charge in [0.2, 0.25) is 0 Å². The maximum Gasteiger partial charge on any atom is 1.00 e. The number of fused-ring (bicyclic) bond motifs is 1. The third kappa shape index (κ3) is 6.06. The quantitative estimate of drug-likeness (QED) is 0.160. The van der Waals surface area contributed by atoms with Crippen molar-refractivity contribution in [3.05, 3.63) is 66.7 Å². The number of phenolic OH excluding ortho intramolecular Hbond substituents is 2. The van der Waals surface area contributed by atoms with Gasteiger partial charge in [-0.1, -0.05) is 12.1 Å². The summed E-state index contributed by atoms with van der Waals surface area (Å²) in [5, 5.41) is 37.2. The molecule has 0 aliphatic carbocycles. The molecule has 0 aromatic heterocycles. The molecule has 0 heterocycles. The largest absolute Gasteiger partial charge is 1.00 e. The summed E-state index contributed by atoms with van der Waals surface area (Å²) in [6, 6.07) is 16.7. The van der Waals surface area contributed by atoms with Crippen LogP contribution >= 0.6 is 0 Å². The van der Waals surface area contributed by atoms with Crippen LogP contribution in [0.3, 0.4) is 0 Å². The second-order valence-electron chi connectivity index (χ2n) is 7.32. The van der Waals surface area contributed by atoms with Crippen molar-refractivity contribution in [3.8, 4) is 23.0 Å². The Bertz CT molecular complexity index is 1590. The minimum absolute atomic E-state index is 0. The van der Waals surface area contributed by atoms with Gasteiger partial charge in [-0.05, 0) is 54.6 Å².